The van der Waals surface area contributed by atoms with Crippen LogP contribution < -0.4 is 20.1 Å². The number of hydrogen-bond donors (Lipinski definition) is 3. The zero-order valence-corrected chi connectivity index (χ0v) is 17.0. The van der Waals surface area contributed by atoms with Gasteiger partial charge in [-0.1, -0.05) is 6.07 Å². The van der Waals surface area contributed by atoms with Crippen molar-refractivity contribution in [2.45, 2.75) is 6.42 Å². The van der Waals surface area contributed by atoms with Gasteiger partial charge in [0.25, 0.3) is 5.91 Å². The number of aromatic amines is 1. The van der Waals surface area contributed by atoms with Crippen LogP contribution in [0.25, 0.3) is 17.0 Å². The Bertz CT molecular complexity index is 1310. The van der Waals surface area contributed by atoms with Crippen LogP contribution in [0.5, 0.6) is 11.5 Å². The van der Waals surface area contributed by atoms with Crippen LogP contribution in [0.2, 0.25) is 0 Å². The number of ether oxygens (including phenoxy) is 2. The molecular formula is C22H20FN5O3. The quantitative estimate of drug-likeness (QED) is 0.459. The Morgan fingerprint density at radius 3 is 2.87 bits per heavy atom. The summed E-state index contributed by atoms with van der Waals surface area (Å²) in [7, 11) is 3.00. The molecule has 31 heavy (non-hydrogen) atoms. The first-order chi connectivity index (χ1) is 15.1. The second-order valence-electron chi connectivity index (χ2n) is 7.12. The molecule has 1 aromatic carbocycles. The second-order valence-corrected chi connectivity index (χ2v) is 7.12. The van der Waals surface area contributed by atoms with Crippen LogP contribution in [0.4, 0.5) is 15.8 Å². The second kappa shape index (κ2) is 7.35. The average molecular weight is 421 g/mol. The monoisotopic (exact) mass is 421 g/mol. The van der Waals surface area contributed by atoms with Gasteiger partial charge in [0.1, 0.15) is 11.4 Å². The molecule has 158 valence electrons. The minimum Gasteiger partial charge on any atom is -0.495 e. The number of fused-ring (bicyclic) bond motifs is 2. The van der Waals surface area contributed by atoms with Gasteiger partial charge in [0, 0.05) is 18.7 Å². The Kier molecular flexibility index (Phi) is 4.50. The lowest BCUT2D eigenvalue weighted by Gasteiger charge is -2.16. The maximum atomic E-state index is 14.3. The van der Waals surface area contributed by atoms with E-state index in [1.807, 2.05) is 22.7 Å². The lowest BCUT2D eigenvalue weighted by atomic mass is 10.1. The van der Waals surface area contributed by atoms with Crippen molar-refractivity contribution in [1.82, 2.24) is 19.7 Å². The summed E-state index contributed by atoms with van der Waals surface area (Å²) in [5, 5.41) is 6.10. The lowest BCUT2D eigenvalue weighted by Crippen LogP contribution is -2.31. The summed E-state index contributed by atoms with van der Waals surface area (Å²) in [6.07, 6.45) is 4.19. The number of nitrogens with zero attached hydrogens (tertiary/aromatic N) is 2. The normalized spacial score (nSPS) is 13.1. The molecule has 3 aromatic heterocycles. The summed E-state index contributed by atoms with van der Waals surface area (Å²) in [5.41, 5.74) is 4.35. The van der Waals surface area contributed by atoms with Gasteiger partial charge in [0.2, 0.25) is 0 Å². The molecular weight excluding hydrogens is 401 g/mol. The summed E-state index contributed by atoms with van der Waals surface area (Å²) in [6, 6.07) is 8.28. The smallest absolute Gasteiger partial charge is 0.255 e. The fourth-order valence-corrected chi connectivity index (χ4v) is 3.91. The van der Waals surface area contributed by atoms with E-state index in [1.54, 1.807) is 25.4 Å². The van der Waals surface area contributed by atoms with Crippen molar-refractivity contribution >= 4 is 22.9 Å². The maximum Gasteiger partial charge on any atom is 0.255 e. The summed E-state index contributed by atoms with van der Waals surface area (Å²) in [5.74, 6) is 0.0389. The molecule has 0 saturated carbocycles. The van der Waals surface area contributed by atoms with Gasteiger partial charge in [0.15, 0.2) is 11.6 Å². The van der Waals surface area contributed by atoms with Crippen molar-refractivity contribution in [2.75, 3.05) is 26.1 Å². The van der Waals surface area contributed by atoms with Crippen molar-refractivity contribution in [3.05, 3.63) is 59.8 Å². The summed E-state index contributed by atoms with van der Waals surface area (Å²) >= 11 is 0. The summed E-state index contributed by atoms with van der Waals surface area (Å²) in [6.45, 7) is 0.537. The number of carbonyl (C=O) groups is 1. The number of H-pyrrole nitrogens is 1. The number of halogens is 1. The van der Waals surface area contributed by atoms with Crippen molar-refractivity contribution < 1.29 is 18.7 Å². The van der Waals surface area contributed by atoms with Crippen LogP contribution in [-0.4, -0.2) is 41.0 Å². The summed E-state index contributed by atoms with van der Waals surface area (Å²) < 4.78 is 26.8. The van der Waals surface area contributed by atoms with Crippen LogP contribution in [0.3, 0.4) is 0 Å². The molecule has 5 rings (SSSR count). The highest BCUT2D eigenvalue weighted by Crippen LogP contribution is 2.39. The Morgan fingerprint density at radius 2 is 2.06 bits per heavy atom. The van der Waals surface area contributed by atoms with Crippen molar-refractivity contribution in [3.8, 4) is 22.9 Å². The number of aromatic nitrogens is 3. The zero-order valence-electron chi connectivity index (χ0n) is 17.0. The Labute approximate surface area is 177 Å². The van der Waals surface area contributed by atoms with Crippen LogP contribution in [0.1, 0.15) is 16.1 Å². The first-order valence-electron chi connectivity index (χ1n) is 9.74. The third-order valence-corrected chi connectivity index (χ3v) is 5.37. The van der Waals surface area contributed by atoms with E-state index in [9.17, 15) is 9.18 Å². The van der Waals surface area contributed by atoms with Crippen molar-refractivity contribution in [1.29, 1.82) is 0 Å². The fraction of sp³-hybridized carbons (Fsp3) is 0.182. The van der Waals surface area contributed by atoms with E-state index in [0.29, 0.717) is 41.3 Å². The topological polar surface area (TPSA) is 92.7 Å². The number of para-hydroxylation sites is 1. The van der Waals surface area contributed by atoms with Crippen molar-refractivity contribution in [3.63, 3.8) is 0 Å². The van der Waals surface area contributed by atoms with Gasteiger partial charge < -0.3 is 25.1 Å². The number of benzene rings is 1. The third kappa shape index (κ3) is 3.05. The molecule has 1 aliphatic heterocycles. The standard InChI is InChI=1S/C22H20FN5O3/c1-30-12-6-7-17-25-10-16(28(17)11-12)19-20(18-14(26-19)8-9-24-22(18)29)27-15-5-3-4-13(23)21(15)31-2/h3-7,10-11,26-27H,8-9H2,1-2H3,(H,24,29). The SMILES string of the molecule is COc1ccc2ncc(-c3[nH]c4c(c3Nc3cccc(F)c3OC)C(=O)NCC4)n2c1. The van der Waals surface area contributed by atoms with Crippen LogP contribution in [-0.2, 0) is 6.42 Å². The van der Waals surface area contributed by atoms with E-state index in [1.165, 1.54) is 13.2 Å². The average Bonchev–Trinajstić information content (AvgIpc) is 3.35. The Balaban J connectivity index is 1.73. The van der Waals surface area contributed by atoms with Gasteiger partial charge in [0.05, 0.1) is 54.9 Å². The zero-order chi connectivity index (χ0) is 21.5. The molecule has 0 bridgehead atoms. The van der Waals surface area contributed by atoms with Gasteiger partial charge in [-0.05, 0) is 24.3 Å². The highest BCUT2D eigenvalue weighted by Gasteiger charge is 2.29. The molecule has 0 saturated heterocycles. The van der Waals surface area contributed by atoms with E-state index in [4.69, 9.17) is 9.47 Å². The number of imidazole rings is 1. The molecule has 4 heterocycles. The van der Waals surface area contributed by atoms with Crippen LogP contribution in [0, 0.1) is 5.82 Å². The number of amides is 1. The van der Waals surface area contributed by atoms with Gasteiger partial charge in [-0.15, -0.1) is 0 Å². The molecule has 3 N–H and O–H groups in total. The minimum absolute atomic E-state index is 0.0689. The molecule has 1 aliphatic rings. The number of rotatable bonds is 5. The Hall–Kier alpha value is -4.01. The molecule has 0 aliphatic carbocycles. The molecule has 1 amide bonds. The molecule has 0 fully saturated rings. The van der Waals surface area contributed by atoms with Gasteiger partial charge in [-0.2, -0.15) is 0 Å². The molecule has 8 nitrogen and oxygen atoms in total. The first-order valence-corrected chi connectivity index (χ1v) is 9.74. The van der Waals surface area contributed by atoms with E-state index in [0.717, 1.165) is 17.0 Å². The lowest BCUT2D eigenvalue weighted by molar-refractivity contribution is 0.0947. The van der Waals surface area contributed by atoms with Gasteiger partial charge in [-0.25, -0.2) is 9.37 Å². The number of hydrogen-bond acceptors (Lipinski definition) is 5. The predicted molar refractivity (Wildman–Crippen MR) is 114 cm³/mol. The number of pyridine rings is 1. The third-order valence-electron chi connectivity index (χ3n) is 5.37. The van der Waals surface area contributed by atoms with Gasteiger partial charge >= 0.3 is 0 Å². The van der Waals surface area contributed by atoms with Crippen LogP contribution >= 0.6 is 0 Å². The van der Waals surface area contributed by atoms with E-state index in [-0.39, 0.29) is 11.7 Å². The van der Waals surface area contributed by atoms with Crippen LogP contribution in [0.15, 0.2) is 42.7 Å². The fourth-order valence-electron chi connectivity index (χ4n) is 3.91. The highest BCUT2D eigenvalue weighted by molar-refractivity contribution is 6.06. The number of anilines is 2. The molecule has 0 radical (unpaired) electrons. The Morgan fingerprint density at radius 1 is 1.19 bits per heavy atom. The number of nitrogens with one attached hydrogen (secondary N) is 3. The molecule has 0 atom stereocenters. The first kappa shape index (κ1) is 19.0. The van der Waals surface area contributed by atoms with Gasteiger partial charge in [-0.3, -0.25) is 9.20 Å². The largest absolute Gasteiger partial charge is 0.495 e. The molecule has 9 heteroatoms. The molecule has 0 unspecified atom stereocenters. The van der Waals surface area contributed by atoms with E-state index in [2.05, 4.69) is 20.6 Å². The maximum absolute atomic E-state index is 14.3. The predicted octanol–water partition coefficient (Wildman–Crippen LogP) is 3.52. The summed E-state index contributed by atoms with van der Waals surface area (Å²) in [4.78, 5) is 20.6. The highest BCUT2D eigenvalue weighted by atomic mass is 19.1. The number of methoxy groups -OCH3 is 2. The molecule has 4 aromatic rings. The molecule has 0 spiro atoms. The van der Waals surface area contributed by atoms with E-state index < -0.39 is 5.82 Å². The van der Waals surface area contributed by atoms with Crippen molar-refractivity contribution in [2.24, 2.45) is 0 Å². The van der Waals surface area contributed by atoms with E-state index >= 15 is 0 Å². The number of carbonyl (C=O) groups excluding carboxylic acids is 1. The minimum atomic E-state index is -0.498.